The van der Waals surface area contributed by atoms with Gasteiger partial charge in [-0.3, -0.25) is 4.79 Å². The number of fused-ring (bicyclic) bond motifs is 3. The molecule has 4 rings (SSSR count). The topological polar surface area (TPSA) is 100 Å². The minimum Gasteiger partial charge on any atom is -0.507 e. The molecule has 2 aromatic carbocycles. The van der Waals surface area contributed by atoms with Gasteiger partial charge in [0.25, 0.3) is 0 Å². The van der Waals surface area contributed by atoms with Gasteiger partial charge in [-0.25, -0.2) is 0 Å². The normalized spacial score (nSPS) is 16.0. The SMILES string of the molecule is CC(C)=CCc1c2c(c(O)c3c(=O)c4c(O)ccc(O)c4oc13)C[C@H](C(C)(C)C)O2. The molecule has 3 aromatic rings. The highest BCUT2D eigenvalue weighted by Crippen LogP contribution is 2.48. The zero-order valence-corrected chi connectivity index (χ0v) is 17.8. The van der Waals surface area contributed by atoms with Crippen LogP contribution in [0.5, 0.6) is 23.0 Å². The average molecular weight is 410 g/mol. The molecule has 0 fully saturated rings. The van der Waals surface area contributed by atoms with E-state index in [1.54, 1.807) is 0 Å². The lowest BCUT2D eigenvalue weighted by molar-refractivity contribution is 0.108. The van der Waals surface area contributed by atoms with E-state index in [4.69, 9.17) is 9.15 Å². The van der Waals surface area contributed by atoms with E-state index < -0.39 is 5.43 Å². The van der Waals surface area contributed by atoms with Crippen LogP contribution in [-0.2, 0) is 12.8 Å². The van der Waals surface area contributed by atoms with E-state index in [0.717, 1.165) is 5.57 Å². The second-order valence-corrected chi connectivity index (χ2v) is 9.24. The molecule has 6 nitrogen and oxygen atoms in total. The van der Waals surface area contributed by atoms with Crippen molar-refractivity contribution in [1.82, 2.24) is 0 Å². The quantitative estimate of drug-likeness (QED) is 0.315. The van der Waals surface area contributed by atoms with E-state index >= 15 is 0 Å². The van der Waals surface area contributed by atoms with Crippen molar-refractivity contribution in [3.8, 4) is 23.0 Å². The van der Waals surface area contributed by atoms with E-state index in [9.17, 15) is 20.1 Å². The molecule has 3 N–H and O–H groups in total. The van der Waals surface area contributed by atoms with E-state index in [-0.39, 0.29) is 50.7 Å². The molecule has 0 amide bonds. The molecule has 1 atom stereocenters. The van der Waals surface area contributed by atoms with Crippen molar-refractivity contribution in [2.24, 2.45) is 5.41 Å². The van der Waals surface area contributed by atoms with Crippen LogP contribution >= 0.6 is 0 Å². The number of hydrogen-bond acceptors (Lipinski definition) is 6. The fourth-order valence-electron chi connectivity index (χ4n) is 3.91. The molecule has 6 heteroatoms. The number of ether oxygens (including phenoxy) is 1. The highest BCUT2D eigenvalue weighted by molar-refractivity contribution is 6.00. The fraction of sp³-hybridized carbons (Fsp3) is 0.375. The fourth-order valence-corrected chi connectivity index (χ4v) is 3.91. The Morgan fingerprint density at radius 3 is 2.40 bits per heavy atom. The van der Waals surface area contributed by atoms with Gasteiger partial charge in [-0.2, -0.15) is 0 Å². The first kappa shape index (κ1) is 20.1. The first-order valence-electron chi connectivity index (χ1n) is 9.98. The van der Waals surface area contributed by atoms with Gasteiger partial charge in [0, 0.05) is 17.5 Å². The summed E-state index contributed by atoms with van der Waals surface area (Å²) in [6, 6.07) is 2.50. The highest BCUT2D eigenvalue weighted by Gasteiger charge is 2.38. The standard InChI is InChI=1S/C24H26O6/c1-11(2)6-7-12-21-13(10-16(29-21)24(3,4)5)19(27)18-20(28)17-14(25)8-9-15(26)23(17)30-22(12)18/h6,8-9,16,25-27H,7,10H2,1-5H3/t16-/m1/s1. The van der Waals surface area contributed by atoms with Gasteiger partial charge in [0.05, 0.1) is 0 Å². The van der Waals surface area contributed by atoms with Gasteiger partial charge in [0.1, 0.15) is 39.7 Å². The first-order valence-corrected chi connectivity index (χ1v) is 9.98. The van der Waals surface area contributed by atoms with Crippen molar-refractivity contribution in [2.75, 3.05) is 0 Å². The van der Waals surface area contributed by atoms with Gasteiger partial charge >= 0.3 is 0 Å². The molecule has 0 spiro atoms. The van der Waals surface area contributed by atoms with Gasteiger partial charge < -0.3 is 24.5 Å². The molecule has 0 aliphatic carbocycles. The number of phenolic OH excluding ortho intramolecular Hbond substituents is 3. The number of allylic oxidation sites excluding steroid dienone is 2. The molecule has 0 saturated heterocycles. The van der Waals surface area contributed by atoms with Crippen molar-refractivity contribution < 1.29 is 24.5 Å². The molecule has 0 saturated carbocycles. The Balaban J connectivity index is 2.15. The minimum atomic E-state index is -0.586. The van der Waals surface area contributed by atoms with Crippen LogP contribution in [0.2, 0.25) is 0 Å². The Hall–Kier alpha value is -3.15. The third-order valence-corrected chi connectivity index (χ3v) is 5.68. The third kappa shape index (κ3) is 2.98. The van der Waals surface area contributed by atoms with Crippen molar-refractivity contribution in [2.45, 2.75) is 53.6 Å². The molecular formula is C24H26O6. The third-order valence-electron chi connectivity index (χ3n) is 5.68. The van der Waals surface area contributed by atoms with Gasteiger partial charge in [0.2, 0.25) is 5.43 Å². The monoisotopic (exact) mass is 410 g/mol. The molecule has 1 aliphatic rings. The molecule has 2 heterocycles. The summed E-state index contributed by atoms with van der Waals surface area (Å²) in [5.74, 6) is -0.234. The summed E-state index contributed by atoms with van der Waals surface area (Å²) in [5, 5.41) is 31.4. The Kier molecular flexibility index (Phi) is 4.49. The van der Waals surface area contributed by atoms with Crippen LogP contribution in [-0.4, -0.2) is 21.4 Å². The van der Waals surface area contributed by atoms with E-state index in [2.05, 4.69) is 20.8 Å². The Labute approximate surface area is 174 Å². The molecular weight excluding hydrogens is 384 g/mol. The van der Waals surface area contributed by atoms with Crippen LogP contribution in [0.1, 0.15) is 45.7 Å². The zero-order valence-electron chi connectivity index (χ0n) is 17.8. The summed E-state index contributed by atoms with van der Waals surface area (Å²) in [7, 11) is 0. The lowest BCUT2D eigenvalue weighted by Crippen LogP contribution is -2.30. The van der Waals surface area contributed by atoms with Gasteiger partial charge in [-0.1, -0.05) is 32.4 Å². The second-order valence-electron chi connectivity index (χ2n) is 9.24. The number of benzene rings is 2. The largest absolute Gasteiger partial charge is 0.507 e. The van der Waals surface area contributed by atoms with Crippen molar-refractivity contribution in [3.05, 3.63) is 45.1 Å². The van der Waals surface area contributed by atoms with Gasteiger partial charge in [0.15, 0.2) is 11.3 Å². The smallest absolute Gasteiger partial charge is 0.208 e. The lowest BCUT2D eigenvalue weighted by atomic mass is 9.86. The summed E-state index contributed by atoms with van der Waals surface area (Å²) < 4.78 is 12.2. The zero-order chi connectivity index (χ0) is 22.0. The van der Waals surface area contributed by atoms with Crippen LogP contribution in [0, 0.1) is 5.41 Å². The van der Waals surface area contributed by atoms with Crippen molar-refractivity contribution >= 4 is 21.9 Å². The second kappa shape index (κ2) is 6.69. The molecule has 1 aliphatic heterocycles. The van der Waals surface area contributed by atoms with Gasteiger partial charge in [-0.15, -0.1) is 0 Å². The number of phenols is 3. The van der Waals surface area contributed by atoms with Crippen LogP contribution in [0.25, 0.3) is 21.9 Å². The Bertz CT molecular complexity index is 1270. The predicted molar refractivity (Wildman–Crippen MR) is 116 cm³/mol. The first-order chi connectivity index (χ1) is 14.0. The summed E-state index contributed by atoms with van der Waals surface area (Å²) in [4.78, 5) is 13.3. The van der Waals surface area contributed by atoms with Crippen LogP contribution in [0.4, 0.5) is 0 Å². The molecule has 0 radical (unpaired) electrons. The van der Waals surface area contributed by atoms with Crippen LogP contribution < -0.4 is 10.2 Å². The average Bonchev–Trinajstić information content (AvgIpc) is 3.10. The van der Waals surface area contributed by atoms with Crippen LogP contribution in [0.15, 0.2) is 33.0 Å². The van der Waals surface area contributed by atoms with E-state index in [0.29, 0.717) is 29.7 Å². The number of aromatic hydroxyl groups is 3. The molecule has 30 heavy (non-hydrogen) atoms. The summed E-state index contributed by atoms with van der Waals surface area (Å²) in [6.45, 7) is 10.1. The van der Waals surface area contributed by atoms with E-state index in [1.807, 2.05) is 19.9 Å². The maximum absolute atomic E-state index is 13.3. The van der Waals surface area contributed by atoms with E-state index in [1.165, 1.54) is 12.1 Å². The number of rotatable bonds is 2. The maximum Gasteiger partial charge on any atom is 0.208 e. The molecule has 158 valence electrons. The minimum absolute atomic E-state index is 0.00235. The molecule has 1 aromatic heterocycles. The van der Waals surface area contributed by atoms with Crippen molar-refractivity contribution in [3.63, 3.8) is 0 Å². The number of hydrogen-bond donors (Lipinski definition) is 3. The Morgan fingerprint density at radius 2 is 1.77 bits per heavy atom. The molecule has 0 unspecified atom stereocenters. The predicted octanol–water partition coefficient (Wildman–Crippen LogP) is 4.92. The van der Waals surface area contributed by atoms with Gasteiger partial charge in [-0.05, 0) is 37.8 Å². The van der Waals surface area contributed by atoms with Crippen molar-refractivity contribution in [1.29, 1.82) is 0 Å². The summed E-state index contributed by atoms with van der Waals surface area (Å²) in [5.41, 5.74) is 1.59. The summed E-state index contributed by atoms with van der Waals surface area (Å²) >= 11 is 0. The summed E-state index contributed by atoms with van der Waals surface area (Å²) in [6.07, 6.45) is 2.72. The highest BCUT2D eigenvalue weighted by atomic mass is 16.5. The lowest BCUT2D eigenvalue weighted by Gasteiger charge is -2.26. The van der Waals surface area contributed by atoms with Crippen LogP contribution in [0.3, 0.4) is 0 Å². The maximum atomic E-state index is 13.3. The Morgan fingerprint density at radius 1 is 1.10 bits per heavy atom. The molecule has 0 bridgehead atoms.